The summed E-state index contributed by atoms with van der Waals surface area (Å²) in [5, 5.41) is 3.49. The van der Waals surface area contributed by atoms with Crippen molar-refractivity contribution in [1.29, 1.82) is 0 Å². The van der Waals surface area contributed by atoms with Gasteiger partial charge in [-0.15, -0.1) is 0 Å². The molecule has 2 rings (SSSR count). The molecule has 1 aromatic rings. The van der Waals surface area contributed by atoms with Crippen LogP contribution in [0.25, 0.3) is 0 Å². The van der Waals surface area contributed by atoms with Crippen molar-refractivity contribution in [2.24, 2.45) is 0 Å². The molecule has 106 valence electrons. The molecular formula is C16H25NO2. The Morgan fingerprint density at radius 1 is 1.47 bits per heavy atom. The van der Waals surface area contributed by atoms with E-state index in [1.807, 2.05) is 6.07 Å². The van der Waals surface area contributed by atoms with Gasteiger partial charge >= 0.3 is 0 Å². The number of hydrogen-bond donors (Lipinski definition) is 1. The van der Waals surface area contributed by atoms with Crippen LogP contribution in [0.15, 0.2) is 24.3 Å². The number of hydrogen-bond acceptors (Lipinski definition) is 3. The zero-order valence-electron chi connectivity index (χ0n) is 12.0. The minimum atomic E-state index is 0.280. The summed E-state index contributed by atoms with van der Waals surface area (Å²) >= 11 is 0. The van der Waals surface area contributed by atoms with Crippen LogP contribution < -0.4 is 10.1 Å². The molecule has 1 aliphatic heterocycles. The number of nitrogens with one attached hydrogen (secondary N) is 1. The summed E-state index contributed by atoms with van der Waals surface area (Å²) in [6, 6.07) is 8.87. The van der Waals surface area contributed by atoms with Gasteiger partial charge in [-0.05, 0) is 43.9 Å². The predicted octanol–water partition coefficient (Wildman–Crippen LogP) is 3.13. The third-order valence-electron chi connectivity index (χ3n) is 3.63. The van der Waals surface area contributed by atoms with Crippen molar-refractivity contribution in [3.05, 3.63) is 29.8 Å². The van der Waals surface area contributed by atoms with E-state index >= 15 is 0 Å². The molecule has 0 amide bonds. The van der Waals surface area contributed by atoms with Crippen LogP contribution in [0.2, 0.25) is 0 Å². The second kappa shape index (κ2) is 7.51. The van der Waals surface area contributed by atoms with Gasteiger partial charge in [0.25, 0.3) is 0 Å². The summed E-state index contributed by atoms with van der Waals surface area (Å²) in [7, 11) is 0. The fourth-order valence-corrected chi connectivity index (χ4v) is 2.15. The van der Waals surface area contributed by atoms with Crippen LogP contribution in [0.4, 0.5) is 0 Å². The Bertz CT molecular complexity index is 375. The zero-order chi connectivity index (χ0) is 13.5. The Hall–Kier alpha value is -1.06. The number of rotatable bonds is 7. The van der Waals surface area contributed by atoms with Gasteiger partial charge in [-0.3, -0.25) is 0 Å². The van der Waals surface area contributed by atoms with Gasteiger partial charge in [0.2, 0.25) is 0 Å². The smallest absolute Gasteiger partial charge is 0.119 e. The molecule has 1 saturated heterocycles. The van der Waals surface area contributed by atoms with Crippen molar-refractivity contribution in [2.75, 3.05) is 13.2 Å². The molecule has 1 aliphatic rings. The van der Waals surface area contributed by atoms with Gasteiger partial charge in [0.1, 0.15) is 12.4 Å². The minimum absolute atomic E-state index is 0.280. The van der Waals surface area contributed by atoms with Crippen molar-refractivity contribution in [3.63, 3.8) is 0 Å². The van der Waals surface area contributed by atoms with E-state index in [9.17, 15) is 0 Å². The molecule has 0 saturated carbocycles. The Labute approximate surface area is 116 Å². The molecule has 2 atom stereocenters. The van der Waals surface area contributed by atoms with Gasteiger partial charge in [-0.1, -0.05) is 19.1 Å². The molecule has 0 bridgehead atoms. The van der Waals surface area contributed by atoms with Gasteiger partial charge in [0.15, 0.2) is 0 Å². The minimum Gasteiger partial charge on any atom is -0.491 e. The molecule has 3 heteroatoms. The molecule has 1 heterocycles. The quantitative estimate of drug-likeness (QED) is 0.820. The maximum Gasteiger partial charge on any atom is 0.119 e. The van der Waals surface area contributed by atoms with Crippen LogP contribution >= 0.6 is 0 Å². The Morgan fingerprint density at radius 2 is 2.37 bits per heavy atom. The van der Waals surface area contributed by atoms with Crippen molar-refractivity contribution in [2.45, 2.75) is 51.8 Å². The first-order valence-corrected chi connectivity index (χ1v) is 7.34. The van der Waals surface area contributed by atoms with Crippen LogP contribution in [0, 0.1) is 0 Å². The maximum absolute atomic E-state index is 5.81. The molecule has 0 radical (unpaired) electrons. The average molecular weight is 263 g/mol. The second-order valence-corrected chi connectivity index (χ2v) is 5.28. The number of ether oxygens (including phenoxy) is 2. The van der Waals surface area contributed by atoms with Gasteiger partial charge in [0.05, 0.1) is 6.10 Å². The van der Waals surface area contributed by atoms with E-state index in [1.165, 1.54) is 5.56 Å². The zero-order valence-corrected chi connectivity index (χ0v) is 12.0. The maximum atomic E-state index is 5.81. The van der Waals surface area contributed by atoms with E-state index in [0.29, 0.717) is 12.6 Å². The van der Waals surface area contributed by atoms with Crippen LogP contribution in [-0.4, -0.2) is 25.4 Å². The summed E-state index contributed by atoms with van der Waals surface area (Å²) in [6.07, 6.45) is 3.71. The van der Waals surface area contributed by atoms with Crippen molar-refractivity contribution in [3.8, 4) is 5.75 Å². The first-order chi connectivity index (χ1) is 9.28. The lowest BCUT2D eigenvalue weighted by molar-refractivity contribution is 0.0679. The first-order valence-electron chi connectivity index (χ1n) is 7.34. The fourth-order valence-electron chi connectivity index (χ4n) is 2.15. The molecule has 1 fully saturated rings. The molecule has 1 N–H and O–H groups in total. The standard InChI is InChI=1S/C16H25NO2/c1-3-13(2)17-11-14-6-4-7-15(10-14)19-12-16-8-5-9-18-16/h4,6-7,10,13,16-17H,3,5,8-9,11-12H2,1-2H3. The van der Waals surface area contributed by atoms with Crippen molar-refractivity contribution >= 4 is 0 Å². The topological polar surface area (TPSA) is 30.5 Å². The summed E-state index contributed by atoms with van der Waals surface area (Å²) in [4.78, 5) is 0. The van der Waals surface area contributed by atoms with Crippen LogP contribution in [0.3, 0.4) is 0 Å². The Kier molecular flexibility index (Phi) is 5.67. The molecule has 3 nitrogen and oxygen atoms in total. The van der Waals surface area contributed by atoms with E-state index in [1.54, 1.807) is 0 Å². The lowest BCUT2D eigenvalue weighted by atomic mass is 10.2. The molecule has 19 heavy (non-hydrogen) atoms. The third-order valence-corrected chi connectivity index (χ3v) is 3.63. The average Bonchev–Trinajstić information content (AvgIpc) is 2.96. The SMILES string of the molecule is CCC(C)NCc1cccc(OCC2CCCO2)c1. The van der Waals surface area contributed by atoms with Gasteiger partial charge in [-0.2, -0.15) is 0 Å². The molecular weight excluding hydrogens is 238 g/mol. The Morgan fingerprint density at radius 3 is 3.11 bits per heavy atom. The van der Waals surface area contributed by atoms with E-state index < -0.39 is 0 Å². The van der Waals surface area contributed by atoms with E-state index in [2.05, 4.69) is 37.4 Å². The third kappa shape index (κ3) is 4.84. The number of benzene rings is 1. The summed E-state index contributed by atoms with van der Waals surface area (Å²) in [5.74, 6) is 0.943. The summed E-state index contributed by atoms with van der Waals surface area (Å²) < 4.78 is 11.4. The molecule has 0 aromatic heterocycles. The normalized spacial score (nSPS) is 20.4. The lowest BCUT2D eigenvalue weighted by Crippen LogP contribution is -2.24. The van der Waals surface area contributed by atoms with Crippen molar-refractivity contribution in [1.82, 2.24) is 5.32 Å². The van der Waals surface area contributed by atoms with E-state index in [0.717, 1.165) is 38.2 Å². The summed E-state index contributed by atoms with van der Waals surface area (Å²) in [6.45, 7) is 6.85. The highest BCUT2D eigenvalue weighted by atomic mass is 16.5. The first kappa shape index (κ1) is 14.4. The lowest BCUT2D eigenvalue weighted by Gasteiger charge is -2.14. The van der Waals surface area contributed by atoms with Gasteiger partial charge < -0.3 is 14.8 Å². The van der Waals surface area contributed by atoms with E-state index in [4.69, 9.17) is 9.47 Å². The molecule has 0 aliphatic carbocycles. The second-order valence-electron chi connectivity index (χ2n) is 5.28. The fraction of sp³-hybridized carbons (Fsp3) is 0.625. The van der Waals surface area contributed by atoms with Crippen molar-refractivity contribution < 1.29 is 9.47 Å². The van der Waals surface area contributed by atoms with Gasteiger partial charge in [-0.25, -0.2) is 0 Å². The molecule has 1 aromatic carbocycles. The summed E-state index contributed by atoms with van der Waals surface area (Å²) in [5.41, 5.74) is 1.27. The monoisotopic (exact) mass is 263 g/mol. The molecule has 2 unspecified atom stereocenters. The highest BCUT2D eigenvalue weighted by Crippen LogP contribution is 2.17. The molecule has 0 spiro atoms. The Balaban J connectivity index is 1.80. The van der Waals surface area contributed by atoms with E-state index in [-0.39, 0.29) is 6.10 Å². The van der Waals surface area contributed by atoms with Crippen LogP contribution in [0.1, 0.15) is 38.7 Å². The largest absolute Gasteiger partial charge is 0.491 e. The highest BCUT2D eigenvalue weighted by Gasteiger charge is 2.15. The highest BCUT2D eigenvalue weighted by molar-refractivity contribution is 5.28. The van der Waals surface area contributed by atoms with Crippen LogP contribution in [0.5, 0.6) is 5.75 Å². The van der Waals surface area contributed by atoms with Gasteiger partial charge in [0, 0.05) is 19.2 Å². The van der Waals surface area contributed by atoms with Crippen LogP contribution in [-0.2, 0) is 11.3 Å². The predicted molar refractivity (Wildman–Crippen MR) is 77.5 cm³/mol.